The molecule has 2 aromatic carbocycles. The zero-order chi connectivity index (χ0) is 21.5. The van der Waals surface area contributed by atoms with Crippen molar-refractivity contribution in [3.05, 3.63) is 65.2 Å². The first-order valence-corrected chi connectivity index (χ1v) is 10.3. The van der Waals surface area contributed by atoms with Gasteiger partial charge in [0.2, 0.25) is 0 Å². The van der Waals surface area contributed by atoms with Gasteiger partial charge in [-0.1, -0.05) is 46.9 Å². The molecule has 0 spiro atoms. The summed E-state index contributed by atoms with van der Waals surface area (Å²) in [5, 5.41) is 18.7. The van der Waals surface area contributed by atoms with Crippen LogP contribution in [0.15, 0.2) is 53.5 Å². The molecule has 154 valence electrons. The number of aromatic nitrogens is 2. The van der Waals surface area contributed by atoms with Crippen LogP contribution in [0.25, 0.3) is 0 Å². The summed E-state index contributed by atoms with van der Waals surface area (Å²) < 4.78 is 6.09. The first kappa shape index (κ1) is 21.3. The minimum Gasteiger partial charge on any atom is -0.481 e. The Kier molecular flexibility index (Phi) is 7.01. The van der Waals surface area contributed by atoms with Crippen LogP contribution in [0.2, 0.25) is 0 Å². The Morgan fingerprint density at radius 1 is 1.27 bits per heavy atom. The summed E-state index contributed by atoms with van der Waals surface area (Å²) in [6, 6.07) is 14.5. The molecular formula is C20H18IN5O4. The molecular weight excluding hydrogens is 501 g/mol. The first-order chi connectivity index (χ1) is 14.5. The lowest BCUT2D eigenvalue weighted by Gasteiger charge is -2.06. The number of benzene rings is 2. The highest BCUT2D eigenvalue weighted by Gasteiger charge is 2.18. The minimum absolute atomic E-state index is 0.107. The van der Waals surface area contributed by atoms with E-state index in [4.69, 9.17) is 15.6 Å². The summed E-state index contributed by atoms with van der Waals surface area (Å²) in [4.78, 5) is 27.0. The number of ether oxygens (including phenoxy) is 1. The van der Waals surface area contributed by atoms with E-state index >= 15 is 0 Å². The van der Waals surface area contributed by atoms with Crippen LogP contribution in [0.3, 0.4) is 0 Å². The van der Waals surface area contributed by atoms with Crippen LogP contribution in [-0.4, -0.2) is 40.0 Å². The summed E-state index contributed by atoms with van der Waals surface area (Å²) in [6.45, 7) is -0.480. The lowest BCUT2D eigenvalue weighted by molar-refractivity contribution is -0.139. The van der Waals surface area contributed by atoms with Gasteiger partial charge in [-0.2, -0.15) is 5.10 Å². The number of hydrogen-bond donors (Lipinski definition) is 4. The normalized spacial score (nSPS) is 10.8. The highest BCUT2D eigenvalue weighted by atomic mass is 127. The summed E-state index contributed by atoms with van der Waals surface area (Å²) >= 11 is 2.27. The smallest absolute Gasteiger partial charge is 0.341 e. The number of para-hydroxylation sites is 1. The molecule has 0 aliphatic heterocycles. The number of aliphatic carboxylic acids is 1. The molecule has 0 aliphatic rings. The highest BCUT2D eigenvalue weighted by Crippen LogP contribution is 2.27. The molecule has 0 radical (unpaired) electrons. The van der Waals surface area contributed by atoms with E-state index in [-0.39, 0.29) is 17.2 Å². The molecule has 9 nitrogen and oxygen atoms in total. The molecule has 0 atom stereocenters. The summed E-state index contributed by atoms with van der Waals surface area (Å²) in [5.41, 5.74) is 8.07. The van der Waals surface area contributed by atoms with Crippen LogP contribution in [0, 0.1) is 0 Å². The molecule has 0 unspecified atom stereocenters. The Morgan fingerprint density at radius 3 is 2.80 bits per heavy atom. The van der Waals surface area contributed by atoms with Crippen LogP contribution in [0.1, 0.15) is 21.5 Å². The molecule has 10 heteroatoms. The van der Waals surface area contributed by atoms with Crippen molar-refractivity contribution in [2.75, 3.05) is 11.9 Å². The van der Waals surface area contributed by atoms with Crippen LogP contribution < -0.4 is 15.8 Å². The maximum Gasteiger partial charge on any atom is 0.341 e. The number of nitrogens with one attached hydrogen (secondary N) is 2. The number of carbonyl (C=O) groups excluding carboxylic acids is 1. The molecule has 0 saturated heterocycles. The summed E-state index contributed by atoms with van der Waals surface area (Å²) in [6.07, 6.45) is 1.44. The quantitative estimate of drug-likeness (QED) is 0.194. The standard InChI is InChI=1S/C20H18IN5O4/c21-9-12-4-3-6-14(8-12)24-20-17(18(22)29)19(25-26-20)23-10-13-5-1-2-7-15(13)30-11-16(27)28/h1-8,10H,9,11H2,(H2,22,29)(H,27,28)(H2,24,25,26)/b23-10+. The van der Waals surface area contributed by atoms with E-state index in [9.17, 15) is 9.59 Å². The van der Waals surface area contributed by atoms with Gasteiger partial charge in [-0.3, -0.25) is 9.89 Å². The van der Waals surface area contributed by atoms with Gasteiger partial charge >= 0.3 is 5.97 Å². The van der Waals surface area contributed by atoms with Gasteiger partial charge in [-0.25, -0.2) is 9.79 Å². The predicted molar refractivity (Wildman–Crippen MR) is 121 cm³/mol. The number of nitrogens with two attached hydrogens (primary N) is 1. The van der Waals surface area contributed by atoms with Crippen LogP contribution >= 0.6 is 22.6 Å². The van der Waals surface area contributed by atoms with Gasteiger partial charge in [-0.15, -0.1) is 0 Å². The highest BCUT2D eigenvalue weighted by molar-refractivity contribution is 14.1. The van der Waals surface area contributed by atoms with E-state index in [0.29, 0.717) is 11.3 Å². The predicted octanol–water partition coefficient (Wildman–Crippen LogP) is 3.40. The van der Waals surface area contributed by atoms with E-state index in [0.717, 1.165) is 15.7 Å². The number of primary amides is 1. The fourth-order valence-electron chi connectivity index (χ4n) is 2.61. The van der Waals surface area contributed by atoms with Crippen molar-refractivity contribution < 1.29 is 19.4 Å². The van der Waals surface area contributed by atoms with Crippen molar-refractivity contribution >= 4 is 58.0 Å². The average Bonchev–Trinajstić information content (AvgIpc) is 3.14. The third-order valence-electron chi connectivity index (χ3n) is 3.94. The van der Waals surface area contributed by atoms with Gasteiger partial charge in [0.05, 0.1) is 0 Å². The Balaban J connectivity index is 1.87. The zero-order valence-corrected chi connectivity index (χ0v) is 17.8. The molecule has 3 rings (SSSR count). The number of amides is 1. The molecule has 30 heavy (non-hydrogen) atoms. The fraction of sp³-hybridized carbons (Fsp3) is 0.100. The van der Waals surface area contributed by atoms with Crippen molar-refractivity contribution in [2.24, 2.45) is 10.7 Å². The van der Waals surface area contributed by atoms with Gasteiger partial charge in [0, 0.05) is 21.9 Å². The minimum atomic E-state index is -1.09. The average molecular weight is 519 g/mol. The lowest BCUT2D eigenvalue weighted by atomic mass is 10.2. The second kappa shape index (κ2) is 9.87. The van der Waals surface area contributed by atoms with Crippen LogP contribution in [0.4, 0.5) is 17.3 Å². The molecule has 0 aliphatic carbocycles. The van der Waals surface area contributed by atoms with Gasteiger partial charge in [0.1, 0.15) is 11.3 Å². The van der Waals surface area contributed by atoms with Crippen molar-refractivity contribution in [3.8, 4) is 5.75 Å². The number of carbonyl (C=O) groups is 2. The monoisotopic (exact) mass is 519 g/mol. The van der Waals surface area contributed by atoms with Gasteiger partial charge in [0.15, 0.2) is 18.2 Å². The molecule has 0 saturated carbocycles. The van der Waals surface area contributed by atoms with E-state index < -0.39 is 18.5 Å². The largest absolute Gasteiger partial charge is 0.481 e. The number of carboxylic acids is 1. The Morgan fingerprint density at radius 2 is 2.07 bits per heavy atom. The van der Waals surface area contributed by atoms with E-state index in [2.05, 4.69) is 43.1 Å². The van der Waals surface area contributed by atoms with Gasteiger partial charge in [-0.05, 0) is 29.8 Å². The maximum atomic E-state index is 12.0. The van der Waals surface area contributed by atoms with E-state index in [1.807, 2.05) is 24.3 Å². The number of rotatable bonds is 9. The maximum absolute atomic E-state index is 12.0. The number of alkyl halides is 1. The van der Waals surface area contributed by atoms with Crippen LogP contribution in [0.5, 0.6) is 5.75 Å². The topological polar surface area (TPSA) is 143 Å². The van der Waals surface area contributed by atoms with Gasteiger partial charge < -0.3 is 20.9 Å². The molecule has 1 aromatic heterocycles. The molecule has 0 fully saturated rings. The van der Waals surface area contributed by atoms with Crippen molar-refractivity contribution in [1.29, 1.82) is 0 Å². The SMILES string of the molecule is NC(=O)c1c(Nc2cccc(CI)c2)n[nH]c1/N=C/c1ccccc1OCC(=O)O. The Labute approximate surface area is 185 Å². The summed E-state index contributed by atoms with van der Waals surface area (Å²) in [7, 11) is 0. The third-order valence-corrected chi connectivity index (χ3v) is 4.82. The summed E-state index contributed by atoms with van der Waals surface area (Å²) in [5.74, 6) is -1.01. The van der Waals surface area contributed by atoms with E-state index in [1.54, 1.807) is 24.3 Å². The zero-order valence-electron chi connectivity index (χ0n) is 15.6. The Bertz CT molecular complexity index is 1100. The Hall–Kier alpha value is -3.41. The number of hydrogen-bond acceptors (Lipinski definition) is 6. The molecule has 1 amide bonds. The number of nitrogens with zero attached hydrogens (tertiary/aromatic N) is 2. The number of aliphatic imine (C=N–C) groups is 1. The van der Waals surface area contributed by atoms with Crippen molar-refractivity contribution in [1.82, 2.24) is 10.2 Å². The van der Waals surface area contributed by atoms with Crippen molar-refractivity contribution in [2.45, 2.75) is 4.43 Å². The molecule has 5 N–H and O–H groups in total. The molecule has 3 aromatic rings. The van der Waals surface area contributed by atoms with Gasteiger partial charge in [0.25, 0.3) is 5.91 Å². The second-order valence-corrected chi connectivity index (χ2v) is 6.86. The third kappa shape index (κ3) is 5.35. The van der Waals surface area contributed by atoms with Crippen molar-refractivity contribution in [3.63, 3.8) is 0 Å². The molecule has 0 bridgehead atoms. The molecule has 1 heterocycles. The second-order valence-electron chi connectivity index (χ2n) is 6.10. The number of H-pyrrole nitrogens is 1. The van der Waals surface area contributed by atoms with Crippen LogP contribution in [-0.2, 0) is 9.22 Å². The number of halogens is 1. The fourth-order valence-corrected chi connectivity index (χ4v) is 3.09. The number of aromatic amines is 1. The lowest BCUT2D eigenvalue weighted by Crippen LogP contribution is -2.12. The number of carboxylic acid groups (broad SMARTS) is 1. The van der Waals surface area contributed by atoms with E-state index in [1.165, 1.54) is 6.21 Å². The first-order valence-electron chi connectivity index (χ1n) is 8.75. The number of anilines is 2.